The Kier molecular flexibility index (Phi) is 6.73. The summed E-state index contributed by atoms with van der Waals surface area (Å²) >= 11 is 6.05. The molecule has 3 aromatic carbocycles. The van der Waals surface area contributed by atoms with E-state index in [0.29, 0.717) is 29.3 Å². The van der Waals surface area contributed by atoms with Gasteiger partial charge in [-0.2, -0.15) is 0 Å². The Morgan fingerprint density at radius 1 is 1.12 bits per heavy atom. The van der Waals surface area contributed by atoms with Crippen molar-refractivity contribution in [3.63, 3.8) is 0 Å². The number of carboxylic acids is 1. The average molecular weight is 453 g/mol. The Bertz CT molecular complexity index is 1220. The third-order valence-corrected chi connectivity index (χ3v) is 5.65. The first-order valence-electron chi connectivity index (χ1n) is 10.2. The van der Waals surface area contributed by atoms with E-state index >= 15 is 0 Å². The van der Waals surface area contributed by atoms with E-state index in [4.69, 9.17) is 16.3 Å². The highest BCUT2D eigenvalue weighted by Crippen LogP contribution is 2.23. The van der Waals surface area contributed by atoms with Crippen LogP contribution in [-0.2, 0) is 24.4 Å². The summed E-state index contributed by atoms with van der Waals surface area (Å²) in [5.41, 5.74) is 3.07. The molecule has 0 amide bonds. The molecule has 7 heteroatoms. The van der Waals surface area contributed by atoms with Crippen LogP contribution < -0.4 is 10.1 Å². The van der Waals surface area contributed by atoms with E-state index in [1.807, 2.05) is 42.6 Å². The molecule has 4 rings (SSSR count). The fraction of sp³-hybridized carbons (Fsp3) is 0.160. The van der Waals surface area contributed by atoms with Crippen LogP contribution in [0, 0.1) is 5.82 Å². The Balaban J connectivity index is 1.40. The molecular weight excluding hydrogens is 431 g/mol. The molecule has 5 nitrogen and oxygen atoms in total. The molecule has 164 valence electrons. The van der Waals surface area contributed by atoms with E-state index in [1.165, 1.54) is 6.07 Å². The topological polar surface area (TPSA) is 74.3 Å². The number of rotatable bonds is 9. The number of benzene rings is 3. The van der Waals surface area contributed by atoms with Crippen molar-refractivity contribution in [1.82, 2.24) is 10.3 Å². The standard InChI is InChI=1S/C25H22ClFN2O3/c26-21-8-4-9-22(27)20(21)15-32-18-6-3-5-16(11-18)13-28-24(25(30)31)12-17-14-29-23-10-2-1-7-19(17)23/h1-11,14,24,28-29H,12-13,15H2,(H,30,31)/t24-/m1/s1. The molecule has 0 spiro atoms. The highest BCUT2D eigenvalue weighted by molar-refractivity contribution is 6.31. The molecule has 3 N–H and O–H groups in total. The van der Waals surface area contributed by atoms with Gasteiger partial charge in [0.05, 0.1) is 5.02 Å². The van der Waals surface area contributed by atoms with Crippen LogP contribution in [0.2, 0.25) is 5.02 Å². The number of aromatic nitrogens is 1. The average Bonchev–Trinajstić information content (AvgIpc) is 3.19. The first kappa shape index (κ1) is 21.9. The Morgan fingerprint density at radius 2 is 1.94 bits per heavy atom. The fourth-order valence-electron chi connectivity index (χ4n) is 3.58. The van der Waals surface area contributed by atoms with Crippen LogP contribution >= 0.6 is 11.6 Å². The van der Waals surface area contributed by atoms with Crippen molar-refractivity contribution in [2.45, 2.75) is 25.6 Å². The maximum atomic E-state index is 13.9. The van der Waals surface area contributed by atoms with Crippen LogP contribution in [0.5, 0.6) is 5.75 Å². The Morgan fingerprint density at radius 3 is 2.75 bits per heavy atom. The number of para-hydroxylation sites is 1. The molecule has 0 saturated heterocycles. The van der Waals surface area contributed by atoms with Crippen molar-refractivity contribution in [2.75, 3.05) is 0 Å². The number of aromatic amines is 1. The van der Waals surface area contributed by atoms with Crippen molar-refractivity contribution in [3.8, 4) is 5.75 Å². The van der Waals surface area contributed by atoms with Crippen LogP contribution in [-0.4, -0.2) is 22.1 Å². The van der Waals surface area contributed by atoms with Gasteiger partial charge in [-0.15, -0.1) is 0 Å². The summed E-state index contributed by atoms with van der Waals surface area (Å²) in [6.07, 6.45) is 2.20. The molecule has 0 aliphatic carbocycles. The second-order valence-electron chi connectivity index (χ2n) is 7.47. The van der Waals surface area contributed by atoms with Gasteiger partial charge in [-0.3, -0.25) is 4.79 Å². The number of ether oxygens (including phenoxy) is 1. The first-order valence-corrected chi connectivity index (χ1v) is 10.5. The van der Waals surface area contributed by atoms with Crippen LogP contribution in [0.4, 0.5) is 4.39 Å². The lowest BCUT2D eigenvalue weighted by molar-refractivity contribution is -0.139. The van der Waals surface area contributed by atoms with E-state index in [9.17, 15) is 14.3 Å². The van der Waals surface area contributed by atoms with Gasteiger partial charge in [-0.25, -0.2) is 4.39 Å². The lowest BCUT2D eigenvalue weighted by Gasteiger charge is -2.15. The zero-order valence-corrected chi connectivity index (χ0v) is 17.9. The molecule has 0 aliphatic rings. The van der Waals surface area contributed by atoms with Gasteiger partial charge in [-0.05, 0) is 41.5 Å². The van der Waals surface area contributed by atoms with E-state index in [-0.39, 0.29) is 6.61 Å². The van der Waals surface area contributed by atoms with Crippen molar-refractivity contribution < 1.29 is 19.0 Å². The van der Waals surface area contributed by atoms with E-state index in [0.717, 1.165) is 22.0 Å². The van der Waals surface area contributed by atoms with E-state index in [1.54, 1.807) is 24.3 Å². The van der Waals surface area contributed by atoms with Gasteiger partial charge in [0.1, 0.15) is 24.2 Å². The molecule has 0 bridgehead atoms. The number of carboxylic acid groups (broad SMARTS) is 1. The second-order valence-corrected chi connectivity index (χ2v) is 7.88. The van der Waals surface area contributed by atoms with Gasteiger partial charge in [0, 0.05) is 35.6 Å². The zero-order chi connectivity index (χ0) is 22.5. The smallest absolute Gasteiger partial charge is 0.321 e. The van der Waals surface area contributed by atoms with E-state index < -0.39 is 17.8 Å². The lowest BCUT2D eigenvalue weighted by Crippen LogP contribution is -2.38. The summed E-state index contributed by atoms with van der Waals surface area (Å²) in [4.78, 5) is 15.0. The molecule has 0 radical (unpaired) electrons. The minimum atomic E-state index is -0.920. The molecule has 32 heavy (non-hydrogen) atoms. The van der Waals surface area contributed by atoms with E-state index in [2.05, 4.69) is 10.3 Å². The van der Waals surface area contributed by atoms with Crippen molar-refractivity contribution in [1.29, 1.82) is 0 Å². The number of aliphatic carboxylic acids is 1. The summed E-state index contributed by atoms with van der Waals surface area (Å²) in [5, 5.41) is 14.1. The summed E-state index contributed by atoms with van der Waals surface area (Å²) in [6, 6.07) is 18.8. The second kappa shape index (κ2) is 9.85. The fourth-order valence-corrected chi connectivity index (χ4v) is 3.80. The maximum Gasteiger partial charge on any atom is 0.321 e. The molecule has 4 aromatic rings. The van der Waals surface area contributed by atoms with Gasteiger partial charge in [0.25, 0.3) is 0 Å². The molecule has 1 heterocycles. The summed E-state index contributed by atoms with van der Waals surface area (Å²) in [6.45, 7) is 0.345. The molecule has 0 fully saturated rings. The molecule has 0 saturated carbocycles. The molecule has 0 unspecified atom stereocenters. The van der Waals surface area contributed by atoms with Gasteiger partial charge < -0.3 is 20.1 Å². The predicted octanol–water partition coefficient (Wildman–Crippen LogP) is 5.32. The number of fused-ring (bicyclic) bond motifs is 1. The maximum absolute atomic E-state index is 13.9. The van der Waals surface area contributed by atoms with Crippen LogP contribution in [0.15, 0.2) is 72.9 Å². The highest BCUT2D eigenvalue weighted by atomic mass is 35.5. The number of nitrogens with one attached hydrogen (secondary N) is 2. The first-order chi connectivity index (χ1) is 15.5. The van der Waals surface area contributed by atoms with Crippen molar-refractivity contribution in [2.24, 2.45) is 0 Å². The summed E-state index contributed by atoms with van der Waals surface area (Å²) < 4.78 is 19.6. The van der Waals surface area contributed by atoms with Crippen LogP contribution in [0.1, 0.15) is 16.7 Å². The number of carbonyl (C=O) groups is 1. The van der Waals surface area contributed by atoms with Gasteiger partial charge in [-0.1, -0.05) is 48.0 Å². The minimum absolute atomic E-state index is 0.000698. The van der Waals surface area contributed by atoms with Gasteiger partial charge in [0.15, 0.2) is 0 Å². The van der Waals surface area contributed by atoms with Gasteiger partial charge in [0.2, 0.25) is 0 Å². The zero-order valence-electron chi connectivity index (χ0n) is 17.1. The molecule has 1 aromatic heterocycles. The summed E-state index contributed by atoms with van der Waals surface area (Å²) in [5.74, 6) is -0.791. The molecule has 1 atom stereocenters. The largest absolute Gasteiger partial charge is 0.489 e. The normalized spacial score (nSPS) is 12.1. The Hall–Kier alpha value is -3.35. The van der Waals surface area contributed by atoms with Crippen LogP contribution in [0.3, 0.4) is 0 Å². The summed E-state index contributed by atoms with van der Waals surface area (Å²) in [7, 11) is 0. The molecular formula is C25H22ClFN2O3. The van der Waals surface area contributed by atoms with Crippen molar-refractivity contribution in [3.05, 3.63) is 100 Å². The minimum Gasteiger partial charge on any atom is -0.489 e. The van der Waals surface area contributed by atoms with Gasteiger partial charge >= 0.3 is 5.97 Å². The van der Waals surface area contributed by atoms with Crippen LogP contribution in [0.25, 0.3) is 10.9 Å². The highest BCUT2D eigenvalue weighted by Gasteiger charge is 2.19. The quantitative estimate of drug-likeness (QED) is 0.321. The third kappa shape index (κ3) is 5.10. The number of halogens is 2. The third-order valence-electron chi connectivity index (χ3n) is 5.29. The predicted molar refractivity (Wildman–Crippen MR) is 122 cm³/mol. The van der Waals surface area contributed by atoms with Crippen molar-refractivity contribution >= 4 is 28.5 Å². The monoisotopic (exact) mass is 452 g/mol. The lowest BCUT2D eigenvalue weighted by atomic mass is 10.0. The number of hydrogen-bond acceptors (Lipinski definition) is 3. The number of hydrogen-bond donors (Lipinski definition) is 3. The number of H-pyrrole nitrogens is 1. The SMILES string of the molecule is O=C(O)[C@@H](Cc1c[nH]c2ccccc12)NCc1cccc(OCc2c(F)cccc2Cl)c1. The Labute approximate surface area is 189 Å². The molecule has 0 aliphatic heterocycles.